The monoisotopic (exact) mass is 468 g/mol. The molecule has 4 heteroatoms. The Kier molecular flexibility index (Phi) is 7.12. The number of allylic oxidation sites excluding steroid dienone is 7. The number of rotatable bonds is 5. The average Bonchev–Trinajstić information content (AvgIpc) is 2.99. The van der Waals surface area contributed by atoms with Crippen LogP contribution in [0.3, 0.4) is 0 Å². The van der Waals surface area contributed by atoms with Gasteiger partial charge in [0.05, 0.1) is 11.7 Å². The molecule has 0 bridgehead atoms. The first-order valence-electron chi connectivity index (χ1n) is 12.8. The minimum Gasteiger partial charge on any atom is -0.393 e. The van der Waals surface area contributed by atoms with E-state index in [-0.39, 0.29) is 39.8 Å². The summed E-state index contributed by atoms with van der Waals surface area (Å²) in [6.07, 6.45) is 12.4. The van der Waals surface area contributed by atoms with Crippen molar-refractivity contribution in [2.45, 2.75) is 99.2 Å². The van der Waals surface area contributed by atoms with Gasteiger partial charge in [0.2, 0.25) is 0 Å². The van der Waals surface area contributed by atoms with Crippen molar-refractivity contribution >= 4 is 11.6 Å². The summed E-state index contributed by atoms with van der Waals surface area (Å²) in [5.74, 6) is 0.581. The molecule has 0 radical (unpaired) electrons. The van der Waals surface area contributed by atoms with E-state index in [2.05, 4.69) is 27.7 Å². The number of Topliss-reactive ketones (excluding diaryl/α,β-unsaturated/α-hetero) is 1. The Morgan fingerprint density at radius 3 is 2.29 bits per heavy atom. The third-order valence-electron chi connectivity index (χ3n) is 9.37. The van der Waals surface area contributed by atoms with Crippen LogP contribution in [-0.4, -0.2) is 33.5 Å². The van der Waals surface area contributed by atoms with Crippen LogP contribution in [0.4, 0.5) is 0 Å². The molecular weight excluding hydrogens is 424 g/mol. The molecule has 3 aliphatic carbocycles. The second kappa shape index (κ2) is 9.02. The van der Waals surface area contributed by atoms with Crippen LogP contribution in [0.1, 0.15) is 87.5 Å². The minimum atomic E-state index is -0.882. The van der Waals surface area contributed by atoms with Gasteiger partial charge in [0.25, 0.3) is 0 Å². The van der Waals surface area contributed by atoms with Crippen LogP contribution in [0.25, 0.3) is 0 Å². The molecule has 0 spiro atoms. The van der Waals surface area contributed by atoms with Crippen molar-refractivity contribution in [2.24, 2.45) is 28.1 Å². The molecule has 3 saturated carbocycles. The maximum Gasteiger partial charge on any atom is 0.181 e. The first-order chi connectivity index (χ1) is 15.5. The van der Waals surface area contributed by atoms with E-state index in [1.807, 2.05) is 19.9 Å². The Balaban J connectivity index is 1.89. The number of aliphatic hydroxyl groups excluding tert-OH is 1. The van der Waals surface area contributed by atoms with E-state index >= 15 is 0 Å². The Morgan fingerprint density at radius 2 is 1.68 bits per heavy atom. The van der Waals surface area contributed by atoms with Crippen molar-refractivity contribution < 1.29 is 19.8 Å². The molecule has 3 fully saturated rings. The van der Waals surface area contributed by atoms with E-state index in [0.29, 0.717) is 17.9 Å². The van der Waals surface area contributed by atoms with Gasteiger partial charge >= 0.3 is 0 Å². The molecule has 0 heterocycles. The molecule has 0 aromatic heterocycles. The molecule has 2 N–H and O–H groups in total. The molecule has 5 atom stereocenters. The fourth-order valence-corrected chi connectivity index (χ4v) is 7.49. The first-order valence-corrected chi connectivity index (χ1v) is 12.8. The molecule has 3 rings (SSSR count). The van der Waals surface area contributed by atoms with Crippen molar-refractivity contribution in [1.82, 2.24) is 0 Å². The van der Waals surface area contributed by atoms with Gasteiger partial charge in [0, 0.05) is 23.0 Å². The zero-order valence-electron chi connectivity index (χ0n) is 22.4. The van der Waals surface area contributed by atoms with Crippen LogP contribution in [0.15, 0.2) is 47.1 Å². The molecule has 5 unspecified atom stereocenters. The lowest BCUT2D eigenvalue weighted by atomic mass is 9.43. The Bertz CT molecular complexity index is 970. The smallest absolute Gasteiger partial charge is 0.181 e. The summed E-state index contributed by atoms with van der Waals surface area (Å²) >= 11 is 0. The van der Waals surface area contributed by atoms with Crippen LogP contribution in [0, 0.1) is 28.1 Å². The summed E-state index contributed by atoms with van der Waals surface area (Å²) < 4.78 is 0. The predicted octanol–water partition coefficient (Wildman–Crippen LogP) is 5.89. The maximum atomic E-state index is 13.4. The second-order valence-electron chi connectivity index (χ2n) is 12.7. The Morgan fingerprint density at radius 1 is 1.03 bits per heavy atom. The van der Waals surface area contributed by atoms with Gasteiger partial charge in [-0.05, 0) is 82.1 Å². The summed E-state index contributed by atoms with van der Waals surface area (Å²) in [7, 11) is 0. The van der Waals surface area contributed by atoms with Gasteiger partial charge in [0.1, 0.15) is 0 Å². The minimum absolute atomic E-state index is 0.0154. The van der Waals surface area contributed by atoms with Gasteiger partial charge in [-0.3, -0.25) is 9.59 Å². The number of ketones is 2. The third kappa shape index (κ3) is 4.68. The highest BCUT2D eigenvalue weighted by Gasteiger charge is 2.64. The van der Waals surface area contributed by atoms with E-state index in [1.54, 1.807) is 38.2 Å². The van der Waals surface area contributed by atoms with Gasteiger partial charge in [-0.2, -0.15) is 0 Å². The summed E-state index contributed by atoms with van der Waals surface area (Å²) in [6.45, 7) is 16.0. The zero-order valence-corrected chi connectivity index (χ0v) is 22.4. The van der Waals surface area contributed by atoms with E-state index in [9.17, 15) is 19.8 Å². The van der Waals surface area contributed by atoms with Crippen molar-refractivity contribution in [3.63, 3.8) is 0 Å². The predicted molar refractivity (Wildman–Crippen MR) is 137 cm³/mol. The number of hydrogen-bond acceptors (Lipinski definition) is 4. The van der Waals surface area contributed by atoms with Gasteiger partial charge in [-0.1, -0.05) is 57.6 Å². The van der Waals surface area contributed by atoms with Gasteiger partial charge < -0.3 is 10.2 Å². The number of carbonyl (C=O) groups is 2. The topological polar surface area (TPSA) is 74.6 Å². The fourth-order valence-electron chi connectivity index (χ4n) is 7.49. The van der Waals surface area contributed by atoms with Crippen LogP contribution < -0.4 is 0 Å². The van der Waals surface area contributed by atoms with Crippen molar-refractivity contribution in [2.75, 3.05) is 0 Å². The van der Waals surface area contributed by atoms with Crippen LogP contribution in [0.5, 0.6) is 0 Å². The number of aliphatic hydroxyl groups is 2. The molecule has 0 saturated heterocycles. The molecule has 0 amide bonds. The highest BCUT2D eigenvalue weighted by molar-refractivity contribution is 6.12. The lowest BCUT2D eigenvalue weighted by Gasteiger charge is -2.62. The zero-order chi connectivity index (χ0) is 25.7. The molecule has 0 aliphatic heterocycles. The van der Waals surface area contributed by atoms with Crippen LogP contribution in [-0.2, 0) is 9.59 Å². The summed E-state index contributed by atoms with van der Waals surface area (Å²) in [6, 6.07) is 0. The Hall–Kier alpha value is -1.78. The lowest BCUT2D eigenvalue weighted by Crippen LogP contribution is -2.57. The van der Waals surface area contributed by atoms with Crippen LogP contribution >= 0.6 is 0 Å². The van der Waals surface area contributed by atoms with E-state index in [0.717, 1.165) is 36.8 Å². The molecular formula is C30H44O4. The second-order valence-corrected chi connectivity index (χ2v) is 12.7. The summed E-state index contributed by atoms with van der Waals surface area (Å²) in [5, 5.41) is 20.5. The summed E-state index contributed by atoms with van der Waals surface area (Å²) in [4.78, 5) is 26.5. The SMILES string of the molecule is CC(C=CC(=O)C(C)=C1C(=O)CC2C1(C)CCC1C(C)(C)C(O)CCC21C)=CC=CC(C)(C)O. The average molecular weight is 469 g/mol. The number of carbonyl (C=O) groups excluding carboxylic acids is 2. The molecule has 3 aliphatic rings. The molecule has 188 valence electrons. The number of hydrogen-bond donors (Lipinski definition) is 2. The lowest BCUT2D eigenvalue weighted by molar-refractivity contribution is -0.158. The van der Waals surface area contributed by atoms with Crippen LogP contribution in [0.2, 0.25) is 0 Å². The first kappa shape index (κ1) is 26.8. The standard InChI is InChI=1S/C30H44O4/c1-19(10-9-15-27(3,4)34)11-12-21(31)20(2)26-22(32)18-24-29(7)17-14-25(33)28(5,6)23(29)13-16-30(24,26)8/h9-12,15,23-25,33-34H,13-14,16-18H2,1-8H3. The quantitative estimate of drug-likeness (QED) is 0.389. The van der Waals surface area contributed by atoms with Gasteiger partial charge in [-0.25, -0.2) is 0 Å². The number of fused-ring (bicyclic) bond motifs is 3. The van der Waals surface area contributed by atoms with Crippen molar-refractivity contribution in [3.05, 3.63) is 47.1 Å². The van der Waals surface area contributed by atoms with E-state index < -0.39 is 5.60 Å². The van der Waals surface area contributed by atoms with Crippen molar-refractivity contribution in [1.29, 1.82) is 0 Å². The van der Waals surface area contributed by atoms with Crippen molar-refractivity contribution in [3.8, 4) is 0 Å². The third-order valence-corrected chi connectivity index (χ3v) is 9.37. The molecule has 0 aromatic carbocycles. The Labute approximate surface area is 205 Å². The summed E-state index contributed by atoms with van der Waals surface area (Å²) in [5.41, 5.74) is 0.841. The largest absolute Gasteiger partial charge is 0.393 e. The maximum absolute atomic E-state index is 13.4. The van der Waals surface area contributed by atoms with Gasteiger partial charge in [0.15, 0.2) is 11.6 Å². The van der Waals surface area contributed by atoms with E-state index in [1.165, 1.54) is 0 Å². The highest BCUT2D eigenvalue weighted by atomic mass is 16.3. The van der Waals surface area contributed by atoms with E-state index in [4.69, 9.17) is 0 Å². The highest BCUT2D eigenvalue weighted by Crippen LogP contribution is 2.69. The fraction of sp³-hybridized carbons (Fsp3) is 0.667. The molecule has 34 heavy (non-hydrogen) atoms. The molecule has 0 aromatic rings. The molecule has 4 nitrogen and oxygen atoms in total. The van der Waals surface area contributed by atoms with Gasteiger partial charge in [-0.15, -0.1) is 0 Å². The normalized spacial score (nSPS) is 37.8.